The van der Waals surface area contributed by atoms with Gasteiger partial charge in [0, 0.05) is 18.5 Å². The largest absolute Gasteiger partial charge is 0.481 e. The van der Waals surface area contributed by atoms with Crippen LogP contribution in [0.5, 0.6) is 0 Å². The van der Waals surface area contributed by atoms with Gasteiger partial charge >= 0.3 is 5.97 Å². The van der Waals surface area contributed by atoms with Crippen molar-refractivity contribution in [2.75, 3.05) is 0 Å². The van der Waals surface area contributed by atoms with Crippen LogP contribution in [0.25, 0.3) is 0 Å². The van der Waals surface area contributed by atoms with Gasteiger partial charge in [-0.1, -0.05) is 43.2 Å². The number of rotatable bonds is 6. The van der Waals surface area contributed by atoms with Crippen LogP contribution in [0.3, 0.4) is 0 Å². The third kappa shape index (κ3) is 3.84. The summed E-state index contributed by atoms with van der Waals surface area (Å²) in [4.78, 5) is 10.7. The van der Waals surface area contributed by atoms with E-state index in [1.807, 2.05) is 18.2 Å². The SMILES string of the molecule is O=C(O)CCC(NC1CCCC1)c1ccccc1. The number of carboxylic acids is 1. The highest BCUT2D eigenvalue weighted by atomic mass is 16.4. The molecule has 1 aliphatic rings. The Bertz CT molecular complexity index is 371. The Hall–Kier alpha value is -1.35. The summed E-state index contributed by atoms with van der Waals surface area (Å²) >= 11 is 0. The second kappa shape index (κ2) is 6.55. The first kappa shape index (κ1) is 13.1. The lowest BCUT2D eigenvalue weighted by molar-refractivity contribution is -0.137. The molecule has 2 N–H and O–H groups in total. The number of carboxylic acid groups (broad SMARTS) is 1. The minimum absolute atomic E-state index is 0.172. The fourth-order valence-electron chi connectivity index (χ4n) is 2.68. The topological polar surface area (TPSA) is 49.3 Å². The second-order valence-electron chi connectivity index (χ2n) is 5.04. The molecule has 18 heavy (non-hydrogen) atoms. The first-order valence-electron chi connectivity index (χ1n) is 6.78. The Morgan fingerprint density at radius 1 is 1.28 bits per heavy atom. The van der Waals surface area contributed by atoms with Crippen molar-refractivity contribution in [1.82, 2.24) is 5.32 Å². The van der Waals surface area contributed by atoms with Crippen LogP contribution in [-0.4, -0.2) is 17.1 Å². The lowest BCUT2D eigenvalue weighted by Crippen LogP contribution is -2.31. The number of benzene rings is 1. The van der Waals surface area contributed by atoms with E-state index in [1.165, 1.54) is 31.2 Å². The van der Waals surface area contributed by atoms with Gasteiger partial charge in [-0.2, -0.15) is 0 Å². The van der Waals surface area contributed by atoms with Crippen LogP contribution in [0.1, 0.15) is 50.1 Å². The summed E-state index contributed by atoms with van der Waals surface area (Å²) in [6.07, 6.45) is 5.90. The van der Waals surface area contributed by atoms with Gasteiger partial charge in [-0.05, 0) is 24.8 Å². The predicted molar refractivity (Wildman–Crippen MR) is 71.4 cm³/mol. The molecule has 1 fully saturated rings. The zero-order valence-corrected chi connectivity index (χ0v) is 10.6. The molecule has 0 aromatic heterocycles. The van der Waals surface area contributed by atoms with Crippen LogP contribution in [0.4, 0.5) is 0 Å². The van der Waals surface area contributed by atoms with Crippen molar-refractivity contribution < 1.29 is 9.90 Å². The molecule has 0 amide bonds. The molecule has 0 heterocycles. The van der Waals surface area contributed by atoms with Crippen molar-refractivity contribution in [2.24, 2.45) is 0 Å². The number of nitrogens with one attached hydrogen (secondary N) is 1. The molecule has 3 heteroatoms. The molecule has 1 unspecified atom stereocenters. The van der Waals surface area contributed by atoms with Gasteiger partial charge in [-0.3, -0.25) is 4.79 Å². The van der Waals surface area contributed by atoms with E-state index in [0.29, 0.717) is 12.5 Å². The van der Waals surface area contributed by atoms with Crippen LogP contribution in [0.2, 0.25) is 0 Å². The maximum atomic E-state index is 10.7. The molecule has 1 aromatic rings. The Labute approximate surface area is 108 Å². The Kier molecular flexibility index (Phi) is 4.76. The van der Waals surface area contributed by atoms with Crippen molar-refractivity contribution >= 4 is 5.97 Å². The van der Waals surface area contributed by atoms with Gasteiger partial charge in [0.05, 0.1) is 0 Å². The average molecular weight is 247 g/mol. The van der Waals surface area contributed by atoms with Crippen molar-refractivity contribution in [2.45, 2.75) is 50.6 Å². The minimum Gasteiger partial charge on any atom is -0.481 e. The number of aliphatic carboxylic acids is 1. The molecule has 0 bridgehead atoms. The molecule has 1 atom stereocenters. The number of hydrogen-bond donors (Lipinski definition) is 2. The average Bonchev–Trinajstić information content (AvgIpc) is 2.88. The molecular weight excluding hydrogens is 226 g/mol. The molecule has 0 radical (unpaired) electrons. The van der Waals surface area contributed by atoms with Crippen molar-refractivity contribution in [3.8, 4) is 0 Å². The van der Waals surface area contributed by atoms with Gasteiger partial charge in [0.1, 0.15) is 0 Å². The highest BCUT2D eigenvalue weighted by molar-refractivity contribution is 5.66. The third-order valence-electron chi connectivity index (χ3n) is 3.64. The van der Waals surface area contributed by atoms with Crippen LogP contribution < -0.4 is 5.32 Å². The van der Waals surface area contributed by atoms with Gasteiger partial charge in [0.15, 0.2) is 0 Å². The molecule has 1 aromatic carbocycles. The van der Waals surface area contributed by atoms with E-state index in [2.05, 4.69) is 17.4 Å². The second-order valence-corrected chi connectivity index (χ2v) is 5.04. The normalized spacial score (nSPS) is 17.8. The summed E-state index contributed by atoms with van der Waals surface area (Å²) in [5.41, 5.74) is 1.20. The minimum atomic E-state index is -0.718. The summed E-state index contributed by atoms with van der Waals surface area (Å²) in [6.45, 7) is 0. The van der Waals surface area contributed by atoms with E-state index in [1.54, 1.807) is 0 Å². The van der Waals surface area contributed by atoms with Crippen molar-refractivity contribution in [1.29, 1.82) is 0 Å². The predicted octanol–water partition coefficient (Wildman–Crippen LogP) is 3.12. The van der Waals surface area contributed by atoms with Gasteiger partial charge in [0.2, 0.25) is 0 Å². The first-order chi connectivity index (χ1) is 8.75. The monoisotopic (exact) mass is 247 g/mol. The zero-order chi connectivity index (χ0) is 12.8. The molecule has 1 aliphatic carbocycles. The van der Waals surface area contributed by atoms with Gasteiger partial charge in [0.25, 0.3) is 0 Å². The van der Waals surface area contributed by atoms with Crippen molar-refractivity contribution in [3.05, 3.63) is 35.9 Å². The van der Waals surface area contributed by atoms with E-state index < -0.39 is 5.97 Å². The number of hydrogen-bond acceptors (Lipinski definition) is 2. The molecule has 0 spiro atoms. The molecule has 0 saturated heterocycles. The quantitative estimate of drug-likeness (QED) is 0.812. The summed E-state index contributed by atoms with van der Waals surface area (Å²) in [6, 6.07) is 10.9. The highest BCUT2D eigenvalue weighted by Crippen LogP contribution is 2.24. The molecule has 0 aliphatic heterocycles. The molecule has 2 rings (SSSR count). The highest BCUT2D eigenvalue weighted by Gasteiger charge is 2.20. The fourth-order valence-corrected chi connectivity index (χ4v) is 2.68. The van der Waals surface area contributed by atoms with Crippen LogP contribution in [0.15, 0.2) is 30.3 Å². The molecule has 1 saturated carbocycles. The zero-order valence-electron chi connectivity index (χ0n) is 10.6. The van der Waals surface area contributed by atoms with Gasteiger partial charge < -0.3 is 10.4 Å². The summed E-state index contributed by atoms with van der Waals surface area (Å²) in [7, 11) is 0. The van der Waals surface area contributed by atoms with Crippen molar-refractivity contribution in [3.63, 3.8) is 0 Å². The maximum Gasteiger partial charge on any atom is 0.303 e. The third-order valence-corrected chi connectivity index (χ3v) is 3.64. The lowest BCUT2D eigenvalue weighted by Gasteiger charge is -2.23. The fraction of sp³-hybridized carbons (Fsp3) is 0.533. The molecule has 3 nitrogen and oxygen atoms in total. The van der Waals surface area contributed by atoms with E-state index >= 15 is 0 Å². The Morgan fingerprint density at radius 2 is 1.94 bits per heavy atom. The summed E-state index contributed by atoms with van der Waals surface area (Å²) in [5.74, 6) is -0.718. The summed E-state index contributed by atoms with van der Waals surface area (Å²) < 4.78 is 0. The first-order valence-corrected chi connectivity index (χ1v) is 6.78. The summed E-state index contributed by atoms with van der Waals surface area (Å²) in [5, 5.41) is 12.5. The van der Waals surface area contributed by atoms with E-state index in [4.69, 9.17) is 5.11 Å². The molecule has 98 valence electrons. The lowest BCUT2D eigenvalue weighted by atomic mass is 10.0. The van der Waals surface area contributed by atoms with Crippen LogP contribution in [-0.2, 0) is 4.79 Å². The standard InChI is InChI=1S/C15H21NO2/c17-15(18)11-10-14(12-6-2-1-3-7-12)16-13-8-4-5-9-13/h1-3,6-7,13-14,16H,4-5,8-11H2,(H,17,18). The molecular formula is C15H21NO2. The van der Waals surface area contributed by atoms with Gasteiger partial charge in [-0.15, -0.1) is 0 Å². The van der Waals surface area contributed by atoms with Gasteiger partial charge in [-0.25, -0.2) is 0 Å². The smallest absolute Gasteiger partial charge is 0.303 e. The van der Waals surface area contributed by atoms with Crippen LogP contribution in [0, 0.1) is 0 Å². The maximum absolute atomic E-state index is 10.7. The number of carbonyl (C=O) groups is 1. The Balaban J connectivity index is 1.99. The van der Waals surface area contributed by atoms with Crippen LogP contribution >= 0.6 is 0 Å². The van der Waals surface area contributed by atoms with E-state index in [9.17, 15) is 4.79 Å². The van der Waals surface area contributed by atoms with E-state index in [0.717, 1.165) is 0 Å². The van der Waals surface area contributed by atoms with E-state index in [-0.39, 0.29) is 12.5 Å². The Morgan fingerprint density at radius 3 is 2.56 bits per heavy atom.